The third-order valence-corrected chi connectivity index (χ3v) is 1.77. The summed E-state index contributed by atoms with van der Waals surface area (Å²) in [5.41, 5.74) is -1.07. The zero-order chi connectivity index (χ0) is 7.61. The maximum atomic E-state index is 10.5. The molecule has 0 aromatic heterocycles. The van der Waals surface area contributed by atoms with Gasteiger partial charge in [0.25, 0.3) is 0 Å². The van der Waals surface area contributed by atoms with Crippen molar-refractivity contribution >= 4 is 5.97 Å². The first kappa shape index (κ1) is 7.10. The number of carboxylic acid groups (broad SMARTS) is 1. The van der Waals surface area contributed by atoms with E-state index in [4.69, 9.17) is 11.5 Å². The summed E-state index contributed by atoms with van der Waals surface area (Å²) in [6.45, 7) is 0.705. The first-order valence-electron chi connectivity index (χ1n) is 3.17. The smallest absolute Gasteiger partial charge is 0.336 e. The highest BCUT2D eigenvalue weighted by Crippen LogP contribution is 2.17. The minimum absolute atomic E-state index is 0.541. The summed E-state index contributed by atoms with van der Waals surface area (Å²) < 4.78 is 0. The zero-order valence-electron chi connectivity index (χ0n) is 5.55. The largest absolute Gasteiger partial charge is 0.479 e. The van der Waals surface area contributed by atoms with Crippen molar-refractivity contribution in [3.63, 3.8) is 0 Å². The van der Waals surface area contributed by atoms with E-state index in [0.717, 1.165) is 6.42 Å². The van der Waals surface area contributed by atoms with Gasteiger partial charge in [0.1, 0.15) is 0 Å². The second-order valence-electron chi connectivity index (χ2n) is 2.39. The number of hydrogen-bond acceptors (Lipinski definition) is 2. The molecule has 0 bridgehead atoms. The van der Waals surface area contributed by atoms with E-state index < -0.39 is 11.5 Å². The Labute approximate surface area is 59.4 Å². The molecular formula is C7H9NO2. The van der Waals surface area contributed by atoms with Gasteiger partial charge in [-0.2, -0.15) is 0 Å². The number of aliphatic carboxylic acids is 1. The lowest BCUT2D eigenvalue weighted by atomic mass is 9.99. The molecular weight excluding hydrogens is 130 g/mol. The minimum atomic E-state index is -1.07. The number of nitrogens with one attached hydrogen (secondary N) is 1. The van der Waals surface area contributed by atoms with Crippen LogP contribution in [0.15, 0.2) is 0 Å². The minimum Gasteiger partial charge on any atom is -0.479 e. The van der Waals surface area contributed by atoms with E-state index in [1.807, 2.05) is 0 Å². The molecule has 3 heteroatoms. The molecule has 1 aliphatic rings. The van der Waals surface area contributed by atoms with Crippen molar-refractivity contribution in [2.45, 2.75) is 18.4 Å². The Balaban J connectivity index is 2.80. The van der Waals surface area contributed by atoms with Crippen molar-refractivity contribution < 1.29 is 9.90 Å². The van der Waals surface area contributed by atoms with Crippen molar-refractivity contribution in [2.75, 3.05) is 6.54 Å². The van der Waals surface area contributed by atoms with Gasteiger partial charge in [-0.1, -0.05) is 5.92 Å². The van der Waals surface area contributed by atoms with Gasteiger partial charge in [0.2, 0.25) is 0 Å². The summed E-state index contributed by atoms with van der Waals surface area (Å²) >= 11 is 0. The van der Waals surface area contributed by atoms with E-state index >= 15 is 0 Å². The second kappa shape index (κ2) is 2.31. The fourth-order valence-corrected chi connectivity index (χ4v) is 1.11. The van der Waals surface area contributed by atoms with Gasteiger partial charge < -0.3 is 5.11 Å². The van der Waals surface area contributed by atoms with E-state index in [9.17, 15) is 4.79 Å². The van der Waals surface area contributed by atoms with E-state index in [0.29, 0.717) is 13.0 Å². The van der Waals surface area contributed by atoms with Crippen LogP contribution in [0.1, 0.15) is 12.8 Å². The van der Waals surface area contributed by atoms with Crippen LogP contribution in [0.5, 0.6) is 0 Å². The van der Waals surface area contributed by atoms with Crippen molar-refractivity contribution in [1.82, 2.24) is 5.32 Å². The van der Waals surface area contributed by atoms with Crippen molar-refractivity contribution in [3.8, 4) is 12.3 Å². The van der Waals surface area contributed by atoms with Crippen LogP contribution >= 0.6 is 0 Å². The van der Waals surface area contributed by atoms with Gasteiger partial charge in [-0.05, 0) is 19.4 Å². The predicted octanol–water partition coefficient (Wildman–Crippen LogP) is -0.174. The average Bonchev–Trinajstić information content (AvgIpc) is 2.35. The maximum absolute atomic E-state index is 10.5. The number of terminal acetylenes is 1. The van der Waals surface area contributed by atoms with Gasteiger partial charge >= 0.3 is 5.97 Å². The highest BCUT2D eigenvalue weighted by atomic mass is 16.4. The molecule has 54 valence electrons. The summed E-state index contributed by atoms with van der Waals surface area (Å²) in [5, 5.41) is 11.4. The SMILES string of the molecule is C#C[C@]1(C(=O)O)CCCN1. The molecule has 0 unspecified atom stereocenters. The normalized spacial score (nSPS) is 31.5. The second-order valence-corrected chi connectivity index (χ2v) is 2.39. The van der Waals surface area contributed by atoms with Crippen molar-refractivity contribution in [2.24, 2.45) is 0 Å². The van der Waals surface area contributed by atoms with Gasteiger partial charge in [0.05, 0.1) is 0 Å². The Kier molecular flexibility index (Phi) is 1.64. The Hall–Kier alpha value is -1.01. The van der Waals surface area contributed by atoms with Crippen molar-refractivity contribution in [3.05, 3.63) is 0 Å². The van der Waals surface area contributed by atoms with Crippen LogP contribution < -0.4 is 5.32 Å². The molecule has 10 heavy (non-hydrogen) atoms. The highest BCUT2D eigenvalue weighted by Gasteiger charge is 2.38. The Morgan fingerprint density at radius 3 is 2.70 bits per heavy atom. The zero-order valence-corrected chi connectivity index (χ0v) is 5.55. The molecule has 1 aliphatic heterocycles. The molecule has 0 radical (unpaired) electrons. The van der Waals surface area contributed by atoms with Gasteiger partial charge in [-0.15, -0.1) is 6.42 Å². The third kappa shape index (κ3) is 0.869. The monoisotopic (exact) mass is 139 g/mol. The first-order chi connectivity index (χ1) is 4.71. The fourth-order valence-electron chi connectivity index (χ4n) is 1.11. The number of hydrogen-bond donors (Lipinski definition) is 2. The van der Waals surface area contributed by atoms with Crippen LogP contribution in [0, 0.1) is 12.3 Å². The van der Waals surface area contributed by atoms with E-state index in [1.165, 1.54) is 0 Å². The van der Waals surface area contributed by atoms with Crippen LogP contribution in [0.4, 0.5) is 0 Å². The van der Waals surface area contributed by atoms with Gasteiger partial charge in [0, 0.05) is 0 Å². The highest BCUT2D eigenvalue weighted by molar-refractivity contribution is 5.83. The summed E-state index contributed by atoms with van der Waals surface area (Å²) in [6.07, 6.45) is 6.46. The third-order valence-electron chi connectivity index (χ3n) is 1.77. The molecule has 1 atom stereocenters. The van der Waals surface area contributed by atoms with E-state index in [2.05, 4.69) is 11.2 Å². The summed E-state index contributed by atoms with van der Waals surface area (Å²) in [6, 6.07) is 0. The van der Waals surface area contributed by atoms with Crippen LogP contribution in [-0.2, 0) is 4.79 Å². The summed E-state index contributed by atoms with van der Waals surface area (Å²) in [5.74, 6) is 1.33. The number of rotatable bonds is 1. The van der Waals surface area contributed by atoms with Crippen LogP contribution in [0.3, 0.4) is 0 Å². The lowest BCUT2D eigenvalue weighted by Crippen LogP contribution is -2.45. The van der Waals surface area contributed by atoms with Crippen molar-refractivity contribution in [1.29, 1.82) is 0 Å². The first-order valence-corrected chi connectivity index (χ1v) is 3.17. The molecule has 1 saturated heterocycles. The molecule has 0 aliphatic carbocycles. The summed E-state index contributed by atoms with van der Waals surface area (Å²) in [7, 11) is 0. The lowest BCUT2D eigenvalue weighted by molar-refractivity contribution is -0.141. The molecule has 1 heterocycles. The average molecular weight is 139 g/mol. The lowest BCUT2D eigenvalue weighted by Gasteiger charge is -2.15. The molecule has 0 saturated carbocycles. The standard InChI is InChI=1S/C7H9NO2/c1-2-7(6(9)10)4-3-5-8-7/h1,8H,3-5H2,(H,9,10)/t7-/m1/s1. The molecule has 0 spiro atoms. The quantitative estimate of drug-likeness (QED) is 0.496. The van der Waals surface area contributed by atoms with Gasteiger partial charge in [-0.25, -0.2) is 4.79 Å². The topological polar surface area (TPSA) is 49.3 Å². The van der Waals surface area contributed by atoms with Gasteiger partial charge in [-0.3, -0.25) is 5.32 Å². The fraction of sp³-hybridized carbons (Fsp3) is 0.571. The maximum Gasteiger partial charge on any atom is 0.336 e. The van der Waals surface area contributed by atoms with Crippen LogP contribution in [0.25, 0.3) is 0 Å². The molecule has 3 nitrogen and oxygen atoms in total. The molecule has 0 aromatic carbocycles. The van der Waals surface area contributed by atoms with Gasteiger partial charge in [0.15, 0.2) is 5.54 Å². The number of carbonyl (C=O) groups is 1. The van der Waals surface area contributed by atoms with E-state index in [-0.39, 0.29) is 0 Å². The predicted molar refractivity (Wildman–Crippen MR) is 36.4 cm³/mol. The number of carboxylic acids is 1. The van der Waals surface area contributed by atoms with Crippen LogP contribution in [-0.4, -0.2) is 23.2 Å². The summed E-state index contributed by atoms with van der Waals surface area (Å²) in [4.78, 5) is 10.5. The molecule has 1 fully saturated rings. The Morgan fingerprint density at radius 1 is 1.80 bits per heavy atom. The molecule has 0 aromatic rings. The Morgan fingerprint density at radius 2 is 2.50 bits per heavy atom. The molecule has 0 amide bonds. The Bertz CT molecular complexity index is 186. The van der Waals surface area contributed by atoms with E-state index in [1.54, 1.807) is 0 Å². The molecule has 1 rings (SSSR count). The molecule has 2 N–H and O–H groups in total. The van der Waals surface area contributed by atoms with Crippen LogP contribution in [0.2, 0.25) is 0 Å².